The van der Waals surface area contributed by atoms with E-state index < -0.39 is 22.7 Å². The molecule has 0 atom stereocenters. The minimum atomic E-state index is -4.63. The molecule has 0 aliphatic heterocycles. The Bertz CT molecular complexity index is 1890. The molecule has 0 radical (unpaired) electrons. The average Bonchev–Trinajstić information content (AvgIpc) is 3.62. The predicted octanol–water partition coefficient (Wildman–Crippen LogP) is 6.37. The lowest BCUT2D eigenvalue weighted by atomic mass is 10.1. The summed E-state index contributed by atoms with van der Waals surface area (Å²) in [5, 5.41) is 23.4. The average molecular weight is 565 g/mol. The summed E-state index contributed by atoms with van der Waals surface area (Å²) >= 11 is 5.64. The molecular formula is C27H20ClF3N8O. The molecule has 0 saturated heterocycles. The first-order valence-electron chi connectivity index (χ1n) is 12.0. The molecule has 40 heavy (non-hydrogen) atoms. The van der Waals surface area contributed by atoms with Crippen molar-refractivity contribution < 1.29 is 18.0 Å². The van der Waals surface area contributed by atoms with Crippen molar-refractivity contribution >= 4 is 56.5 Å². The van der Waals surface area contributed by atoms with E-state index in [4.69, 9.17) is 11.6 Å². The number of carbonyl (C=O) groups excluding carboxylic acids is 1. The highest BCUT2D eigenvalue weighted by atomic mass is 35.5. The van der Waals surface area contributed by atoms with E-state index >= 15 is 0 Å². The largest absolute Gasteiger partial charge is 0.417 e. The Kier molecular flexibility index (Phi) is 6.18. The van der Waals surface area contributed by atoms with Gasteiger partial charge >= 0.3 is 6.18 Å². The molecule has 3 aromatic carbocycles. The summed E-state index contributed by atoms with van der Waals surface area (Å²) < 4.78 is 42.5. The van der Waals surface area contributed by atoms with Crippen LogP contribution in [0, 0.1) is 0 Å². The van der Waals surface area contributed by atoms with Gasteiger partial charge in [-0.05, 0) is 54.1 Å². The zero-order valence-corrected chi connectivity index (χ0v) is 21.5. The van der Waals surface area contributed by atoms with Crippen LogP contribution in [0.3, 0.4) is 0 Å². The van der Waals surface area contributed by atoms with E-state index in [2.05, 4.69) is 31.0 Å². The molecule has 6 aromatic rings. The normalized spacial score (nSPS) is 11.8. The molecule has 0 aliphatic rings. The second kappa shape index (κ2) is 9.72. The Morgan fingerprint density at radius 1 is 1.02 bits per heavy atom. The van der Waals surface area contributed by atoms with Gasteiger partial charge in [0.05, 0.1) is 27.8 Å². The third kappa shape index (κ3) is 5.08. The first kappa shape index (κ1) is 25.4. The molecule has 13 heteroatoms. The van der Waals surface area contributed by atoms with Crippen molar-refractivity contribution in [2.75, 3.05) is 10.6 Å². The van der Waals surface area contributed by atoms with Crippen molar-refractivity contribution in [1.29, 1.82) is 0 Å². The van der Waals surface area contributed by atoms with Gasteiger partial charge in [-0.15, -0.1) is 0 Å². The van der Waals surface area contributed by atoms with Crippen LogP contribution in [-0.2, 0) is 24.6 Å². The SMILES string of the molecule is Cn1cc2ccc(Nc3n[nH]c4cc(-c5cnn(CC(=O)Nc6ccc(Cl)c(C(F)(F)F)c6)c5)ccc34)cc2n1. The molecule has 202 valence electrons. The Hall–Kier alpha value is -4.84. The Balaban J connectivity index is 1.15. The maximum Gasteiger partial charge on any atom is 0.417 e. The van der Waals surface area contributed by atoms with Gasteiger partial charge in [-0.3, -0.25) is 19.3 Å². The quantitative estimate of drug-likeness (QED) is 0.218. The minimum Gasteiger partial charge on any atom is -0.338 e. The van der Waals surface area contributed by atoms with Crippen molar-refractivity contribution in [1.82, 2.24) is 29.8 Å². The number of hydrogen-bond donors (Lipinski definition) is 3. The highest BCUT2D eigenvalue weighted by Crippen LogP contribution is 2.36. The number of aromatic amines is 1. The van der Waals surface area contributed by atoms with Gasteiger partial charge in [0.1, 0.15) is 6.54 Å². The summed E-state index contributed by atoms with van der Waals surface area (Å²) in [6.07, 6.45) is 0.610. The van der Waals surface area contributed by atoms with Gasteiger partial charge in [0.25, 0.3) is 0 Å². The molecule has 6 rings (SSSR count). The number of anilines is 3. The van der Waals surface area contributed by atoms with E-state index in [0.717, 1.165) is 50.8 Å². The second-order valence-electron chi connectivity index (χ2n) is 9.20. The number of alkyl halides is 3. The zero-order valence-electron chi connectivity index (χ0n) is 20.8. The van der Waals surface area contributed by atoms with E-state index in [1.165, 1.54) is 10.7 Å². The fourth-order valence-electron chi connectivity index (χ4n) is 4.42. The number of nitrogens with zero attached hydrogens (tertiary/aromatic N) is 5. The number of aromatic nitrogens is 6. The van der Waals surface area contributed by atoms with Gasteiger partial charge in [0, 0.05) is 47.2 Å². The van der Waals surface area contributed by atoms with Gasteiger partial charge in [-0.25, -0.2) is 0 Å². The van der Waals surface area contributed by atoms with Crippen LogP contribution in [0.25, 0.3) is 32.9 Å². The van der Waals surface area contributed by atoms with Gasteiger partial charge in [-0.1, -0.05) is 17.7 Å². The van der Waals surface area contributed by atoms with Crippen LogP contribution < -0.4 is 10.6 Å². The third-order valence-electron chi connectivity index (χ3n) is 6.28. The lowest BCUT2D eigenvalue weighted by Crippen LogP contribution is -2.19. The topological polar surface area (TPSA) is 105 Å². The molecule has 3 heterocycles. The van der Waals surface area contributed by atoms with E-state index in [9.17, 15) is 18.0 Å². The van der Waals surface area contributed by atoms with Crippen LogP contribution >= 0.6 is 11.6 Å². The van der Waals surface area contributed by atoms with E-state index in [-0.39, 0.29) is 12.2 Å². The van der Waals surface area contributed by atoms with Gasteiger partial charge < -0.3 is 10.6 Å². The highest BCUT2D eigenvalue weighted by Gasteiger charge is 2.33. The number of aryl methyl sites for hydroxylation is 1. The first-order valence-corrected chi connectivity index (χ1v) is 12.4. The van der Waals surface area contributed by atoms with E-state index in [0.29, 0.717) is 5.82 Å². The minimum absolute atomic E-state index is 0.0110. The summed E-state index contributed by atoms with van der Waals surface area (Å²) in [4.78, 5) is 12.5. The summed E-state index contributed by atoms with van der Waals surface area (Å²) in [6, 6.07) is 14.9. The number of benzene rings is 3. The lowest BCUT2D eigenvalue weighted by Gasteiger charge is -2.11. The number of carbonyl (C=O) groups is 1. The summed E-state index contributed by atoms with van der Waals surface area (Å²) in [5.41, 5.74) is 3.10. The number of nitrogens with one attached hydrogen (secondary N) is 3. The monoisotopic (exact) mass is 564 g/mol. The molecule has 0 saturated carbocycles. The number of rotatable bonds is 6. The van der Waals surface area contributed by atoms with E-state index in [1.807, 2.05) is 49.6 Å². The smallest absolute Gasteiger partial charge is 0.338 e. The molecule has 0 bridgehead atoms. The van der Waals surface area contributed by atoms with Gasteiger partial charge in [0.15, 0.2) is 5.82 Å². The van der Waals surface area contributed by atoms with Crippen molar-refractivity contribution in [3.63, 3.8) is 0 Å². The van der Waals surface area contributed by atoms with Crippen LogP contribution in [0.4, 0.5) is 30.4 Å². The lowest BCUT2D eigenvalue weighted by molar-refractivity contribution is -0.137. The van der Waals surface area contributed by atoms with Crippen LogP contribution in [0.15, 0.2) is 73.2 Å². The van der Waals surface area contributed by atoms with Gasteiger partial charge in [-0.2, -0.15) is 28.5 Å². The fourth-order valence-corrected chi connectivity index (χ4v) is 4.64. The Morgan fingerprint density at radius 2 is 1.85 bits per heavy atom. The maximum absolute atomic E-state index is 13.1. The van der Waals surface area contributed by atoms with Crippen molar-refractivity contribution in [3.05, 3.63) is 83.8 Å². The highest BCUT2D eigenvalue weighted by molar-refractivity contribution is 6.31. The van der Waals surface area contributed by atoms with Crippen molar-refractivity contribution in [2.45, 2.75) is 12.7 Å². The van der Waals surface area contributed by atoms with Crippen LogP contribution in [-0.4, -0.2) is 35.7 Å². The van der Waals surface area contributed by atoms with Crippen LogP contribution in [0.5, 0.6) is 0 Å². The van der Waals surface area contributed by atoms with Crippen LogP contribution in [0.2, 0.25) is 5.02 Å². The van der Waals surface area contributed by atoms with E-state index in [1.54, 1.807) is 17.1 Å². The third-order valence-corrected chi connectivity index (χ3v) is 6.60. The Labute approximate surface area is 229 Å². The number of halogens is 4. The maximum atomic E-state index is 13.1. The molecule has 3 N–H and O–H groups in total. The zero-order chi connectivity index (χ0) is 28.0. The van der Waals surface area contributed by atoms with Crippen LogP contribution in [0.1, 0.15) is 5.56 Å². The molecule has 0 unspecified atom stereocenters. The fraction of sp³-hybridized carbons (Fsp3) is 0.111. The number of H-pyrrole nitrogens is 1. The molecule has 9 nitrogen and oxygen atoms in total. The van der Waals surface area contributed by atoms with Crippen molar-refractivity contribution in [3.8, 4) is 11.1 Å². The molecule has 0 spiro atoms. The number of fused-ring (bicyclic) bond motifs is 2. The Morgan fingerprint density at radius 3 is 2.67 bits per heavy atom. The predicted molar refractivity (Wildman–Crippen MR) is 146 cm³/mol. The molecule has 1 amide bonds. The summed E-state index contributed by atoms with van der Waals surface area (Å²) in [5.74, 6) is 0.133. The standard InChI is InChI=1S/C27H20ClF3N8O/c1-38-12-16-2-4-19(10-23(16)37-38)34-26-20-6-3-15(8-24(20)35-36-26)17-11-32-39(13-17)14-25(40)33-18-5-7-22(28)21(9-18)27(29,30)31/h2-13H,14H2,1H3,(H,33,40)(H2,34,35,36). The summed E-state index contributed by atoms with van der Waals surface area (Å²) in [6.45, 7) is -0.190. The molecule has 3 aromatic heterocycles. The summed E-state index contributed by atoms with van der Waals surface area (Å²) in [7, 11) is 1.88. The van der Waals surface area contributed by atoms with Crippen molar-refractivity contribution in [2.24, 2.45) is 7.05 Å². The first-order chi connectivity index (χ1) is 19.1. The second-order valence-corrected chi connectivity index (χ2v) is 9.61. The molecule has 0 aliphatic carbocycles. The number of amides is 1. The molecule has 0 fully saturated rings. The number of hydrogen-bond acceptors (Lipinski definition) is 5. The van der Waals surface area contributed by atoms with Gasteiger partial charge in [0.2, 0.25) is 5.91 Å². The molecular weight excluding hydrogens is 545 g/mol.